The number of anilines is 1. The van der Waals surface area contributed by atoms with E-state index in [1.807, 2.05) is 32.9 Å². The van der Waals surface area contributed by atoms with Gasteiger partial charge in [-0.05, 0) is 76.1 Å². The largest absolute Gasteiger partial charge is 0.456 e. The lowest BCUT2D eigenvalue weighted by Crippen LogP contribution is -2.32. The molecule has 0 bridgehead atoms. The van der Waals surface area contributed by atoms with Crippen molar-refractivity contribution in [3.05, 3.63) is 85.9 Å². The van der Waals surface area contributed by atoms with E-state index in [9.17, 15) is 14.0 Å². The summed E-state index contributed by atoms with van der Waals surface area (Å²) < 4.78 is 20.6. The van der Waals surface area contributed by atoms with Crippen LogP contribution in [0.25, 0.3) is 0 Å². The first kappa shape index (κ1) is 26.5. The fraction of sp³-hybridized carbons (Fsp3) is 0.429. The van der Waals surface area contributed by atoms with Crippen molar-refractivity contribution in [2.24, 2.45) is 5.92 Å². The second-order valence-corrected chi connectivity index (χ2v) is 11.1. The second kappa shape index (κ2) is 10.8. The molecule has 1 fully saturated rings. The highest BCUT2D eigenvalue weighted by molar-refractivity contribution is 6.36. The molecule has 1 saturated heterocycles. The van der Waals surface area contributed by atoms with Crippen molar-refractivity contribution in [1.29, 1.82) is 0 Å². The Morgan fingerprint density at radius 1 is 1.17 bits per heavy atom. The molecule has 2 aromatic rings. The maximum atomic E-state index is 13.5. The molecule has 1 aromatic heterocycles. The molecule has 1 aromatic carbocycles. The Morgan fingerprint density at radius 2 is 1.89 bits per heavy atom. The molecule has 2 atom stereocenters. The molecule has 36 heavy (non-hydrogen) atoms. The van der Waals surface area contributed by atoms with Gasteiger partial charge in [0.1, 0.15) is 22.3 Å². The van der Waals surface area contributed by atoms with Crippen LogP contribution in [0.15, 0.2) is 58.9 Å². The number of hydrogen-bond acceptors (Lipinski definition) is 4. The molecular formula is C28H31Cl2FN2O3. The van der Waals surface area contributed by atoms with Crippen molar-refractivity contribution in [2.75, 3.05) is 11.4 Å². The number of rotatable bonds is 6. The quantitative estimate of drug-likeness (QED) is 0.381. The van der Waals surface area contributed by atoms with Crippen molar-refractivity contribution < 1.29 is 13.9 Å². The molecule has 0 saturated carbocycles. The zero-order valence-electron chi connectivity index (χ0n) is 20.8. The highest BCUT2D eigenvalue weighted by Gasteiger charge is 2.31. The lowest BCUT2D eigenvalue weighted by atomic mass is 9.93. The van der Waals surface area contributed by atoms with Crippen molar-refractivity contribution in [2.45, 2.75) is 64.6 Å². The standard InChI is InChI=1S/C28H31Cl2FN2O3/c1-28(2,3)36-27(35)20-8-6-18(7-9-20)14-16-33-25(22(29)17-23(30)26(33)34)32-15-4-5-24(32)19-10-12-21(31)13-11-19/h6,8-13,17-18,24H,4-5,7,14-16H2,1-3H3. The third-order valence-electron chi connectivity index (χ3n) is 6.50. The Morgan fingerprint density at radius 3 is 2.53 bits per heavy atom. The Labute approximate surface area is 221 Å². The van der Waals surface area contributed by atoms with Gasteiger partial charge < -0.3 is 9.64 Å². The minimum Gasteiger partial charge on any atom is -0.456 e. The maximum Gasteiger partial charge on any atom is 0.338 e. The number of hydrogen-bond donors (Lipinski definition) is 0. The summed E-state index contributed by atoms with van der Waals surface area (Å²) in [7, 11) is 0. The number of nitrogens with zero attached hydrogens (tertiary/aromatic N) is 2. The first-order valence-electron chi connectivity index (χ1n) is 12.3. The molecular weight excluding hydrogens is 502 g/mol. The van der Waals surface area contributed by atoms with Crippen LogP contribution in [-0.2, 0) is 16.1 Å². The SMILES string of the molecule is CC(C)(C)OC(=O)C1=CCC(CCn2c(N3CCCC3c3ccc(F)cc3)c(Cl)cc(Cl)c2=O)C=C1. The van der Waals surface area contributed by atoms with Gasteiger partial charge in [0, 0.05) is 13.1 Å². The molecule has 1 aliphatic carbocycles. The molecule has 0 radical (unpaired) electrons. The molecule has 2 aliphatic rings. The topological polar surface area (TPSA) is 51.5 Å². The average Bonchev–Trinajstić information content (AvgIpc) is 3.29. The van der Waals surface area contributed by atoms with Crippen LogP contribution in [0, 0.1) is 11.7 Å². The van der Waals surface area contributed by atoms with Gasteiger partial charge in [-0.3, -0.25) is 9.36 Å². The molecule has 8 heteroatoms. The van der Waals surface area contributed by atoms with Crippen molar-refractivity contribution in [1.82, 2.24) is 4.57 Å². The minimum absolute atomic E-state index is 0.0103. The second-order valence-electron chi connectivity index (χ2n) is 10.3. The van der Waals surface area contributed by atoms with E-state index in [0.717, 1.165) is 24.9 Å². The predicted octanol–water partition coefficient (Wildman–Crippen LogP) is 6.87. The summed E-state index contributed by atoms with van der Waals surface area (Å²) in [5.74, 6) is 0.176. The van der Waals surface area contributed by atoms with Gasteiger partial charge in [-0.1, -0.05) is 53.6 Å². The molecule has 4 rings (SSSR count). The predicted molar refractivity (Wildman–Crippen MR) is 142 cm³/mol. The number of pyridine rings is 1. The van der Waals surface area contributed by atoms with E-state index >= 15 is 0 Å². The van der Waals surface area contributed by atoms with E-state index in [-0.39, 0.29) is 34.3 Å². The molecule has 0 spiro atoms. The zero-order chi connectivity index (χ0) is 26.0. The summed E-state index contributed by atoms with van der Waals surface area (Å²) >= 11 is 12.9. The van der Waals surface area contributed by atoms with Crippen LogP contribution in [0.4, 0.5) is 10.2 Å². The Balaban J connectivity index is 1.54. The van der Waals surface area contributed by atoms with Gasteiger partial charge in [0.2, 0.25) is 0 Å². The summed E-state index contributed by atoms with van der Waals surface area (Å²) in [5, 5.41) is 0.493. The molecule has 2 unspecified atom stereocenters. The third-order valence-corrected chi connectivity index (χ3v) is 7.05. The highest BCUT2D eigenvalue weighted by atomic mass is 35.5. The van der Waals surface area contributed by atoms with Crippen molar-refractivity contribution in [3.8, 4) is 0 Å². The van der Waals surface area contributed by atoms with Crippen LogP contribution in [0.2, 0.25) is 10.0 Å². The molecule has 192 valence electrons. The first-order chi connectivity index (χ1) is 17.0. The van der Waals surface area contributed by atoms with Crippen molar-refractivity contribution >= 4 is 35.0 Å². The normalized spacial score (nSPS) is 19.9. The molecule has 0 amide bonds. The van der Waals surface area contributed by atoms with Crippen LogP contribution in [0.5, 0.6) is 0 Å². The summed E-state index contributed by atoms with van der Waals surface area (Å²) in [6.45, 7) is 6.67. The van der Waals surface area contributed by atoms with Crippen LogP contribution in [-0.4, -0.2) is 22.7 Å². The van der Waals surface area contributed by atoms with E-state index in [1.54, 1.807) is 22.8 Å². The van der Waals surface area contributed by atoms with Crippen molar-refractivity contribution in [3.63, 3.8) is 0 Å². The van der Waals surface area contributed by atoms with Crippen LogP contribution < -0.4 is 10.5 Å². The third kappa shape index (κ3) is 6.04. The van der Waals surface area contributed by atoms with Gasteiger partial charge in [0.05, 0.1) is 16.6 Å². The summed E-state index contributed by atoms with van der Waals surface area (Å²) in [6.07, 6.45) is 8.83. The monoisotopic (exact) mass is 532 g/mol. The smallest absolute Gasteiger partial charge is 0.338 e. The number of allylic oxidation sites excluding steroid dienone is 2. The molecule has 2 heterocycles. The molecule has 1 aliphatic heterocycles. The summed E-state index contributed by atoms with van der Waals surface area (Å²) in [4.78, 5) is 27.6. The number of halogens is 3. The van der Waals surface area contributed by atoms with Crippen LogP contribution in [0.3, 0.4) is 0 Å². The van der Waals surface area contributed by atoms with E-state index < -0.39 is 5.60 Å². The Bertz CT molecular complexity index is 1250. The van der Waals surface area contributed by atoms with Gasteiger partial charge in [0.15, 0.2) is 0 Å². The van der Waals surface area contributed by atoms with E-state index in [2.05, 4.69) is 4.90 Å². The lowest BCUT2D eigenvalue weighted by molar-refractivity contribution is -0.149. The molecule has 5 nitrogen and oxygen atoms in total. The number of carbonyl (C=O) groups excluding carboxylic acids is 1. The van der Waals surface area contributed by atoms with Gasteiger partial charge in [-0.2, -0.15) is 0 Å². The van der Waals surface area contributed by atoms with E-state index in [4.69, 9.17) is 27.9 Å². The fourth-order valence-corrected chi connectivity index (χ4v) is 5.39. The van der Waals surface area contributed by atoms with Gasteiger partial charge in [0.25, 0.3) is 5.56 Å². The Hall–Kier alpha value is -2.57. The number of ether oxygens (including phenoxy) is 1. The van der Waals surface area contributed by atoms with E-state index in [1.165, 1.54) is 18.2 Å². The van der Waals surface area contributed by atoms with Gasteiger partial charge >= 0.3 is 5.97 Å². The lowest BCUT2D eigenvalue weighted by Gasteiger charge is -2.31. The van der Waals surface area contributed by atoms with Crippen LogP contribution >= 0.6 is 23.2 Å². The number of benzene rings is 1. The van der Waals surface area contributed by atoms with E-state index in [0.29, 0.717) is 35.8 Å². The number of carbonyl (C=O) groups is 1. The fourth-order valence-electron chi connectivity index (χ4n) is 4.81. The Kier molecular flexibility index (Phi) is 7.96. The van der Waals surface area contributed by atoms with Gasteiger partial charge in [-0.25, -0.2) is 9.18 Å². The summed E-state index contributed by atoms with van der Waals surface area (Å²) in [5.41, 5.74) is 0.691. The van der Waals surface area contributed by atoms with Crippen LogP contribution in [0.1, 0.15) is 58.1 Å². The number of aromatic nitrogens is 1. The summed E-state index contributed by atoms with van der Waals surface area (Å²) in [6, 6.07) is 7.98. The first-order valence-corrected chi connectivity index (χ1v) is 13.0. The zero-order valence-corrected chi connectivity index (χ0v) is 22.3. The molecule has 0 N–H and O–H groups in total. The minimum atomic E-state index is -0.548. The number of esters is 1. The maximum absolute atomic E-state index is 13.5. The van der Waals surface area contributed by atoms with Gasteiger partial charge in [-0.15, -0.1) is 0 Å². The highest BCUT2D eigenvalue weighted by Crippen LogP contribution is 2.40. The average molecular weight is 533 g/mol.